The van der Waals surface area contributed by atoms with Crippen LogP contribution < -0.4 is 0 Å². The van der Waals surface area contributed by atoms with Crippen LogP contribution in [0.4, 0.5) is 0 Å². The second-order valence-corrected chi connectivity index (χ2v) is 3.88. The van der Waals surface area contributed by atoms with Gasteiger partial charge in [-0.15, -0.1) is 0 Å². The summed E-state index contributed by atoms with van der Waals surface area (Å²) in [5, 5.41) is 0. The van der Waals surface area contributed by atoms with Crippen LogP contribution in [-0.4, -0.2) is 6.61 Å². The summed E-state index contributed by atoms with van der Waals surface area (Å²) in [7, 11) is 0. The minimum Gasteiger partial charge on any atom is -0.373 e. The van der Waals surface area contributed by atoms with Crippen molar-refractivity contribution in [2.45, 2.75) is 18.9 Å². The molecule has 12 heavy (non-hydrogen) atoms. The average molecular weight is 227 g/mol. The van der Waals surface area contributed by atoms with Gasteiger partial charge in [-0.25, -0.2) is 0 Å². The zero-order valence-electron chi connectivity index (χ0n) is 6.79. The van der Waals surface area contributed by atoms with Crippen molar-refractivity contribution >= 4 is 15.9 Å². The number of halogens is 1. The van der Waals surface area contributed by atoms with E-state index < -0.39 is 0 Å². The Balaban J connectivity index is 2.26. The summed E-state index contributed by atoms with van der Waals surface area (Å²) in [4.78, 5) is 0. The van der Waals surface area contributed by atoms with Crippen molar-refractivity contribution < 1.29 is 4.74 Å². The van der Waals surface area contributed by atoms with Gasteiger partial charge in [0.05, 0.1) is 6.10 Å². The molecule has 1 aliphatic rings. The maximum atomic E-state index is 5.59. The van der Waals surface area contributed by atoms with E-state index in [4.69, 9.17) is 4.74 Å². The Bertz CT molecular complexity index is 266. The van der Waals surface area contributed by atoms with Gasteiger partial charge in [0, 0.05) is 11.1 Å². The Morgan fingerprint density at radius 2 is 2.17 bits per heavy atom. The third-order valence-electron chi connectivity index (χ3n) is 2.18. The molecule has 0 aliphatic carbocycles. The van der Waals surface area contributed by atoms with Crippen LogP contribution in [-0.2, 0) is 4.74 Å². The molecule has 0 amide bonds. The van der Waals surface area contributed by atoms with E-state index in [-0.39, 0.29) is 0 Å². The summed E-state index contributed by atoms with van der Waals surface area (Å²) in [5.41, 5.74) is 1.29. The van der Waals surface area contributed by atoms with E-state index in [1.54, 1.807) is 0 Å². The minimum atomic E-state index is 0.320. The molecule has 2 heteroatoms. The highest BCUT2D eigenvalue weighted by molar-refractivity contribution is 9.10. The number of ether oxygens (including phenoxy) is 1. The van der Waals surface area contributed by atoms with E-state index in [0.29, 0.717) is 6.10 Å². The lowest BCUT2D eigenvalue weighted by Crippen LogP contribution is -1.95. The molecule has 1 fully saturated rings. The maximum absolute atomic E-state index is 5.59. The molecule has 1 heterocycles. The Hall–Kier alpha value is -0.340. The van der Waals surface area contributed by atoms with Crippen molar-refractivity contribution in [1.29, 1.82) is 0 Å². The third-order valence-corrected chi connectivity index (χ3v) is 2.90. The van der Waals surface area contributed by atoms with Crippen LogP contribution in [0.2, 0.25) is 0 Å². The van der Waals surface area contributed by atoms with Crippen molar-refractivity contribution in [3.8, 4) is 0 Å². The Labute approximate surface area is 80.9 Å². The predicted octanol–water partition coefficient (Wildman–Crippen LogP) is 3.30. The van der Waals surface area contributed by atoms with E-state index >= 15 is 0 Å². The van der Waals surface area contributed by atoms with Crippen LogP contribution in [0.1, 0.15) is 24.5 Å². The molecule has 1 unspecified atom stereocenters. The molecule has 0 bridgehead atoms. The normalized spacial score (nSPS) is 22.9. The van der Waals surface area contributed by atoms with Crippen molar-refractivity contribution in [2.24, 2.45) is 0 Å². The molecule has 0 N–H and O–H groups in total. The second kappa shape index (κ2) is 3.58. The molecule has 1 aliphatic heterocycles. The molecular formula is C10H11BrO. The average Bonchev–Trinajstić information content (AvgIpc) is 2.57. The van der Waals surface area contributed by atoms with Gasteiger partial charge in [0.1, 0.15) is 0 Å². The van der Waals surface area contributed by atoms with Crippen LogP contribution in [0.3, 0.4) is 0 Å². The Kier molecular flexibility index (Phi) is 2.47. The lowest BCUT2D eigenvalue weighted by Gasteiger charge is -2.10. The quantitative estimate of drug-likeness (QED) is 0.715. The monoisotopic (exact) mass is 226 g/mol. The van der Waals surface area contributed by atoms with Crippen LogP contribution >= 0.6 is 15.9 Å². The lowest BCUT2D eigenvalue weighted by atomic mass is 10.1. The molecule has 1 saturated heterocycles. The van der Waals surface area contributed by atoms with Gasteiger partial charge in [0.2, 0.25) is 0 Å². The highest BCUT2D eigenvalue weighted by atomic mass is 79.9. The van der Waals surface area contributed by atoms with Gasteiger partial charge in [-0.05, 0) is 24.5 Å². The SMILES string of the molecule is Brc1ccccc1C1CCCO1. The summed E-state index contributed by atoms with van der Waals surface area (Å²) < 4.78 is 6.75. The largest absolute Gasteiger partial charge is 0.373 e. The molecule has 1 aromatic carbocycles. The Morgan fingerprint density at radius 1 is 1.33 bits per heavy atom. The van der Waals surface area contributed by atoms with E-state index in [1.165, 1.54) is 12.0 Å². The van der Waals surface area contributed by atoms with Crippen molar-refractivity contribution in [1.82, 2.24) is 0 Å². The summed E-state index contributed by atoms with van der Waals surface area (Å²) in [5.74, 6) is 0. The molecule has 1 atom stereocenters. The smallest absolute Gasteiger partial charge is 0.0836 e. The standard InChI is InChI=1S/C10H11BrO/c11-9-5-2-1-4-8(9)10-6-3-7-12-10/h1-2,4-5,10H,3,6-7H2. The summed E-state index contributed by atoms with van der Waals surface area (Å²) in [6.07, 6.45) is 2.66. The molecule has 0 radical (unpaired) electrons. The highest BCUT2D eigenvalue weighted by Crippen LogP contribution is 2.32. The van der Waals surface area contributed by atoms with E-state index in [2.05, 4.69) is 34.1 Å². The van der Waals surface area contributed by atoms with Crippen molar-refractivity contribution in [2.75, 3.05) is 6.61 Å². The first-order chi connectivity index (χ1) is 5.88. The molecule has 1 nitrogen and oxygen atoms in total. The fraction of sp³-hybridized carbons (Fsp3) is 0.400. The highest BCUT2D eigenvalue weighted by Gasteiger charge is 2.18. The molecule has 1 aromatic rings. The van der Waals surface area contributed by atoms with Crippen LogP contribution in [0.25, 0.3) is 0 Å². The zero-order chi connectivity index (χ0) is 8.39. The number of hydrogen-bond acceptors (Lipinski definition) is 1. The lowest BCUT2D eigenvalue weighted by molar-refractivity contribution is 0.111. The van der Waals surface area contributed by atoms with Gasteiger partial charge in [-0.3, -0.25) is 0 Å². The van der Waals surface area contributed by atoms with Gasteiger partial charge in [-0.2, -0.15) is 0 Å². The van der Waals surface area contributed by atoms with Crippen LogP contribution in [0.5, 0.6) is 0 Å². The van der Waals surface area contributed by atoms with Gasteiger partial charge in [0.25, 0.3) is 0 Å². The van der Waals surface area contributed by atoms with Crippen LogP contribution in [0, 0.1) is 0 Å². The van der Waals surface area contributed by atoms with E-state index in [9.17, 15) is 0 Å². The summed E-state index contributed by atoms with van der Waals surface area (Å²) in [6.45, 7) is 0.909. The van der Waals surface area contributed by atoms with Gasteiger partial charge in [-0.1, -0.05) is 34.1 Å². The third kappa shape index (κ3) is 1.54. The van der Waals surface area contributed by atoms with Crippen molar-refractivity contribution in [3.05, 3.63) is 34.3 Å². The molecule has 64 valence electrons. The van der Waals surface area contributed by atoms with E-state index in [0.717, 1.165) is 17.5 Å². The second-order valence-electron chi connectivity index (χ2n) is 3.02. The summed E-state index contributed by atoms with van der Waals surface area (Å²) >= 11 is 3.53. The topological polar surface area (TPSA) is 9.23 Å². The van der Waals surface area contributed by atoms with Gasteiger partial charge < -0.3 is 4.74 Å². The molecule has 0 spiro atoms. The molecular weight excluding hydrogens is 216 g/mol. The molecule has 2 rings (SSSR count). The molecule has 0 saturated carbocycles. The van der Waals surface area contributed by atoms with Crippen LogP contribution in [0.15, 0.2) is 28.7 Å². The first-order valence-electron chi connectivity index (χ1n) is 4.24. The fourth-order valence-corrected chi connectivity index (χ4v) is 2.10. The number of hydrogen-bond donors (Lipinski definition) is 0. The minimum absolute atomic E-state index is 0.320. The number of benzene rings is 1. The Morgan fingerprint density at radius 3 is 2.83 bits per heavy atom. The number of rotatable bonds is 1. The fourth-order valence-electron chi connectivity index (χ4n) is 1.56. The van der Waals surface area contributed by atoms with Gasteiger partial charge in [0.15, 0.2) is 0 Å². The van der Waals surface area contributed by atoms with E-state index in [1.807, 2.05) is 6.07 Å². The summed E-state index contributed by atoms with van der Waals surface area (Å²) in [6, 6.07) is 8.28. The molecule has 0 aromatic heterocycles. The predicted molar refractivity (Wildman–Crippen MR) is 52.1 cm³/mol. The van der Waals surface area contributed by atoms with Gasteiger partial charge >= 0.3 is 0 Å². The zero-order valence-corrected chi connectivity index (χ0v) is 8.38. The maximum Gasteiger partial charge on any atom is 0.0836 e. The van der Waals surface area contributed by atoms with Crippen molar-refractivity contribution in [3.63, 3.8) is 0 Å². The first-order valence-corrected chi connectivity index (χ1v) is 5.03. The first kappa shape index (κ1) is 8.27.